The fourth-order valence-corrected chi connectivity index (χ4v) is 2.86. The molecule has 0 spiro atoms. The Morgan fingerprint density at radius 3 is 2.60 bits per heavy atom. The number of nitrogens with zero attached hydrogens (tertiary/aromatic N) is 1. The molecule has 1 amide bonds. The molecule has 2 atom stereocenters. The first-order valence-corrected chi connectivity index (χ1v) is 7.49. The van der Waals surface area contributed by atoms with Crippen LogP contribution < -0.4 is 5.43 Å². The molecule has 0 bridgehead atoms. The SMILES string of the molecule is CC(C)[C@H]1CC[C@H](C)C/C1=N/NC(=O)c1ccccc1. The molecule has 0 aromatic heterocycles. The number of nitrogens with one attached hydrogen (secondary N) is 1. The van der Waals surface area contributed by atoms with Crippen molar-refractivity contribution in [3.63, 3.8) is 0 Å². The van der Waals surface area contributed by atoms with Crippen molar-refractivity contribution >= 4 is 11.6 Å². The normalized spacial score (nSPS) is 24.9. The molecular weight excluding hydrogens is 248 g/mol. The summed E-state index contributed by atoms with van der Waals surface area (Å²) in [4.78, 5) is 12.0. The third-order valence-electron chi connectivity index (χ3n) is 4.10. The van der Waals surface area contributed by atoms with Crippen molar-refractivity contribution in [3.05, 3.63) is 35.9 Å². The Hall–Kier alpha value is -1.64. The van der Waals surface area contributed by atoms with Crippen LogP contribution in [0.5, 0.6) is 0 Å². The number of hydrogen-bond acceptors (Lipinski definition) is 2. The van der Waals surface area contributed by atoms with Gasteiger partial charge in [-0.3, -0.25) is 4.79 Å². The van der Waals surface area contributed by atoms with Gasteiger partial charge in [0.05, 0.1) is 0 Å². The summed E-state index contributed by atoms with van der Waals surface area (Å²) in [5.74, 6) is 1.62. The highest BCUT2D eigenvalue weighted by Crippen LogP contribution is 2.31. The molecule has 0 saturated heterocycles. The number of hydrazone groups is 1. The van der Waals surface area contributed by atoms with Gasteiger partial charge in [0.1, 0.15) is 0 Å². The van der Waals surface area contributed by atoms with Crippen LogP contribution in [0.2, 0.25) is 0 Å². The van der Waals surface area contributed by atoms with Crippen LogP contribution in [0.4, 0.5) is 0 Å². The first-order chi connectivity index (χ1) is 9.58. The highest BCUT2D eigenvalue weighted by Gasteiger charge is 2.27. The number of carbonyl (C=O) groups excluding carboxylic acids is 1. The molecule has 0 aliphatic heterocycles. The summed E-state index contributed by atoms with van der Waals surface area (Å²) in [6, 6.07) is 9.24. The lowest BCUT2D eigenvalue weighted by Crippen LogP contribution is -2.31. The minimum absolute atomic E-state index is 0.126. The molecule has 3 nitrogen and oxygen atoms in total. The fraction of sp³-hybridized carbons (Fsp3) is 0.529. The quantitative estimate of drug-likeness (QED) is 0.834. The molecule has 0 radical (unpaired) electrons. The Balaban J connectivity index is 2.06. The van der Waals surface area contributed by atoms with Crippen molar-refractivity contribution in [1.29, 1.82) is 0 Å². The third kappa shape index (κ3) is 3.69. The minimum atomic E-state index is -0.126. The van der Waals surface area contributed by atoms with Gasteiger partial charge in [-0.05, 0) is 43.2 Å². The van der Waals surface area contributed by atoms with Gasteiger partial charge >= 0.3 is 0 Å². The van der Waals surface area contributed by atoms with Crippen LogP contribution in [-0.4, -0.2) is 11.6 Å². The molecule has 1 aliphatic rings. The Labute approximate surface area is 121 Å². The lowest BCUT2D eigenvalue weighted by atomic mass is 9.76. The molecule has 20 heavy (non-hydrogen) atoms. The van der Waals surface area contributed by atoms with Gasteiger partial charge in [-0.1, -0.05) is 39.0 Å². The highest BCUT2D eigenvalue weighted by molar-refractivity contribution is 5.96. The summed E-state index contributed by atoms with van der Waals surface area (Å²) in [5.41, 5.74) is 4.53. The van der Waals surface area contributed by atoms with Gasteiger partial charge in [0.2, 0.25) is 0 Å². The summed E-state index contributed by atoms with van der Waals surface area (Å²) >= 11 is 0. The van der Waals surface area contributed by atoms with Crippen molar-refractivity contribution < 1.29 is 4.79 Å². The van der Waals surface area contributed by atoms with Gasteiger partial charge in [-0.15, -0.1) is 0 Å². The van der Waals surface area contributed by atoms with Crippen molar-refractivity contribution in [3.8, 4) is 0 Å². The molecule has 1 aromatic carbocycles. The van der Waals surface area contributed by atoms with E-state index in [-0.39, 0.29) is 5.91 Å². The van der Waals surface area contributed by atoms with Gasteiger partial charge in [0, 0.05) is 17.2 Å². The van der Waals surface area contributed by atoms with E-state index in [9.17, 15) is 4.79 Å². The summed E-state index contributed by atoms with van der Waals surface area (Å²) in [7, 11) is 0. The molecule has 1 fully saturated rings. The smallest absolute Gasteiger partial charge is 0.267 e. The van der Waals surface area contributed by atoms with Gasteiger partial charge in [-0.25, -0.2) is 5.43 Å². The van der Waals surface area contributed by atoms with Gasteiger partial charge in [-0.2, -0.15) is 5.10 Å². The second-order valence-electron chi connectivity index (χ2n) is 6.15. The van der Waals surface area contributed by atoms with Crippen molar-refractivity contribution in [2.45, 2.75) is 40.0 Å². The topological polar surface area (TPSA) is 41.5 Å². The van der Waals surface area contributed by atoms with E-state index in [1.54, 1.807) is 12.1 Å². The maximum atomic E-state index is 12.0. The molecule has 1 aliphatic carbocycles. The largest absolute Gasteiger partial charge is 0.271 e. The molecule has 3 heteroatoms. The first kappa shape index (κ1) is 14.8. The fourth-order valence-electron chi connectivity index (χ4n) is 2.86. The van der Waals surface area contributed by atoms with Gasteiger partial charge < -0.3 is 0 Å². The molecule has 2 rings (SSSR count). The average molecular weight is 272 g/mol. The second kappa shape index (κ2) is 6.69. The standard InChI is InChI=1S/C17H24N2O/c1-12(2)15-10-9-13(3)11-16(15)18-19-17(20)14-7-5-4-6-8-14/h4-8,12-13,15H,9-11H2,1-3H3,(H,19,20)/b18-16-/t13-,15+/m0/s1. The Morgan fingerprint density at radius 1 is 1.25 bits per heavy atom. The van der Waals surface area contributed by atoms with E-state index in [0.717, 1.165) is 12.1 Å². The van der Waals surface area contributed by atoms with Crippen molar-refractivity contribution in [1.82, 2.24) is 5.43 Å². The summed E-state index contributed by atoms with van der Waals surface area (Å²) in [5, 5.41) is 4.43. The monoisotopic (exact) mass is 272 g/mol. The first-order valence-electron chi connectivity index (χ1n) is 7.49. The van der Waals surface area contributed by atoms with Crippen LogP contribution in [0.15, 0.2) is 35.4 Å². The Kier molecular flexibility index (Phi) is 4.94. The van der Waals surface area contributed by atoms with Crippen LogP contribution in [0.3, 0.4) is 0 Å². The van der Waals surface area contributed by atoms with E-state index in [0.29, 0.717) is 23.3 Å². The molecule has 108 valence electrons. The van der Waals surface area contributed by atoms with Crippen LogP contribution in [0.1, 0.15) is 50.4 Å². The predicted octanol–water partition coefficient (Wildman–Crippen LogP) is 3.86. The van der Waals surface area contributed by atoms with Gasteiger partial charge in [0.15, 0.2) is 0 Å². The zero-order valence-electron chi connectivity index (χ0n) is 12.6. The number of carbonyl (C=O) groups is 1. The lowest BCUT2D eigenvalue weighted by molar-refractivity contribution is 0.0954. The van der Waals surface area contributed by atoms with Crippen molar-refractivity contribution in [2.24, 2.45) is 22.9 Å². The van der Waals surface area contributed by atoms with Crippen LogP contribution in [-0.2, 0) is 0 Å². The van der Waals surface area contributed by atoms with E-state index in [1.165, 1.54) is 12.8 Å². The summed E-state index contributed by atoms with van der Waals surface area (Å²) in [6.07, 6.45) is 3.44. The van der Waals surface area contributed by atoms with Crippen molar-refractivity contribution in [2.75, 3.05) is 0 Å². The van der Waals surface area contributed by atoms with Crippen LogP contribution in [0.25, 0.3) is 0 Å². The van der Waals surface area contributed by atoms with E-state index < -0.39 is 0 Å². The predicted molar refractivity (Wildman–Crippen MR) is 82.7 cm³/mol. The van der Waals surface area contributed by atoms with Gasteiger partial charge in [0.25, 0.3) is 5.91 Å². The van der Waals surface area contributed by atoms with Crippen LogP contribution >= 0.6 is 0 Å². The highest BCUT2D eigenvalue weighted by atomic mass is 16.2. The van der Waals surface area contributed by atoms with E-state index >= 15 is 0 Å². The number of amides is 1. The second-order valence-corrected chi connectivity index (χ2v) is 6.15. The molecule has 1 saturated carbocycles. The average Bonchev–Trinajstić information content (AvgIpc) is 2.45. The molecule has 1 aromatic rings. The number of hydrogen-bond donors (Lipinski definition) is 1. The minimum Gasteiger partial charge on any atom is -0.267 e. The number of benzene rings is 1. The maximum absolute atomic E-state index is 12.0. The zero-order valence-corrected chi connectivity index (χ0v) is 12.6. The van der Waals surface area contributed by atoms with Crippen LogP contribution in [0, 0.1) is 17.8 Å². The van der Waals surface area contributed by atoms with E-state index in [1.807, 2.05) is 18.2 Å². The zero-order chi connectivity index (χ0) is 14.5. The number of rotatable bonds is 3. The Morgan fingerprint density at radius 2 is 1.95 bits per heavy atom. The Bertz CT molecular complexity index is 479. The molecule has 0 unspecified atom stereocenters. The maximum Gasteiger partial charge on any atom is 0.271 e. The third-order valence-corrected chi connectivity index (χ3v) is 4.10. The van der Waals surface area contributed by atoms with E-state index in [4.69, 9.17) is 0 Å². The lowest BCUT2D eigenvalue weighted by Gasteiger charge is -2.30. The van der Waals surface area contributed by atoms with E-state index in [2.05, 4.69) is 31.3 Å². The summed E-state index contributed by atoms with van der Waals surface area (Å²) in [6.45, 7) is 6.72. The molecule has 0 heterocycles. The molecule has 1 N–H and O–H groups in total. The summed E-state index contributed by atoms with van der Waals surface area (Å²) < 4.78 is 0. The molecular formula is C17H24N2O.